The zero-order chi connectivity index (χ0) is 15.4. The fourth-order valence-corrected chi connectivity index (χ4v) is 3.39. The van der Waals surface area contributed by atoms with Crippen LogP contribution in [0.4, 0.5) is 5.69 Å². The average Bonchev–Trinajstić information content (AvgIpc) is 2.57. The molecule has 2 fully saturated rings. The normalized spacial score (nSPS) is 24.2. The van der Waals surface area contributed by atoms with E-state index in [1.807, 2.05) is 35.2 Å². The monoisotopic (exact) mass is 298 g/mol. The summed E-state index contributed by atoms with van der Waals surface area (Å²) in [5.74, 6) is 0.228. The topological polar surface area (TPSA) is 50.6 Å². The second-order valence-corrected chi connectivity index (χ2v) is 5.95. The largest absolute Gasteiger partial charge is 0.311 e. The zero-order valence-electron chi connectivity index (χ0n) is 12.8. The molecule has 1 aromatic rings. The molecule has 0 N–H and O–H groups in total. The van der Waals surface area contributed by atoms with E-state index in [9.17, 15) is 4.79 Å². The maximum Gasteiger partial charge on any atom is 0.244 e. The Morgan fingerprint density at radius 2 is 1.82 bits per heavy atom. The number of nitrogens with zero attached hydrogens (tertiary/aromatic N) is 4. The summed E-state index contributed by atoms with van der Waals surface area (Å²) in [6.45, 7) is 4.81. The van der Waals surface area contributed by atoms with E-state index in [0.29, 0.717) is 6.54 Å². The van der Waals surface area contributed by atoms with Gasteiger partial charge in [-0.2, -0.15) is 5.26 Å². The molecule has 22 heavy (non-hydrogen) atoms. The number of anilines is 1. The smallest absolute Gasteiger partial charge is 0.244 e. The molecule has 2 saturated heterocycles. The van der Waals surface area contributed by atoms with Crippen LogP contribution < -0.4 is 4.90 Å². The standard InChI is InChI=1S/C17H22N4O/c18-8-10-19-11-13-20(14-12-19)16-7-4-9-21(17(16)22)15-5-2-1-3-6-15/h1-3,5-6,16H,4,7,9-14H2/t16-/m1/s1. The van der Waals surface area contributed by atoms with Crippen molar-refractivity contribution in [2.24, 2.45) is 0 Å². The molecule has 0 unspecified atom stereocenters. The first-order valence-corrected chi connectivity index (χ1v) is 7.99. The Morgan fingerprint density at radius 3 is 2.50 bits per heavy atom. The van der Waals surface area contributed by atoms with E-state index in [1.165, 1.54) is 0 Å². The Balaban J connectivity index is 1.65. The van der Waals surface area contributed by atoms with Gasteiger partial charge in [0.1, 0.15) is 0 Å². The van der Waals surface area contributed by atoms with Gasteiger partial charge in [0.05, 0.1) is 18.7 Å². The first kappa shape index (κ1) is 15.0. The summed E-state index contributed by atoms with van der Waals surface area (Å²) in [6.07, 6.45) is 1.99. The summed E-state index contributed by atoms with van der Waals surface area (Å²) >= 11 is 0. The van der Waals surface area contributed by atoms with Crippen LogP contribution in [0.3, 0.4) is 0 Å². The van der Waals surface area contributed by atoms with Gasteiger partial charge in [-0.1, -0.05) is 18.2 Å². The number of rotatable bonds is 3. The Bertz CT molecular complexity index is 546. The van der Waals surface area contributed by atoms with Gasteiger partial charge in [-0.3, -0.25) is 14.6 Å². The highest BCUT2D eigenvalue weighted by Gasteiger charge is 2.35. The van der Waals surface area contributed by atoms with Crippen LogP contribution in [0, 0.1) is 11.3 Å². The summed E-state index contributed by atoms with van der Waals surface area (Å²) in [7, 11) is 0. The summed E-state index contributed by atoms with van der Waals surface area (Å²) in [4.78, 5) is 19.2. The number of hydrogen-bond acceptors (Lipinski definition) is 4. The van der Waals surface area contributed by atoms with Crippen molar-refractivity contribution in [1.82, 2.24) is 9.80 Å². The van der Waals surface area contributed by atoms with E-state index in [1.54, 1.807) is 0 Å². The van der Waals surface area contributed by atoms with Gasteiger partial charge in [-0.25, -0.2) is 0 Å². The molecular weight excluding hydrogens is 276 g/mol. The molecule has 1 atom stereocenters. The molecule has 0 saturated carbocycles. The SMILES string of the molecule is N#CCN1CCN([C@@H]2CCCN(c3ccccc3)C2=O)CC1. The first-order valence-electron chi connectivity index (χ1n) is 7.99. The molecule has 1 aromatic carbocycles. The molecule has 1 amide bonds. The second kappa shape index (κ2) is 6.91. The zero-order valence-corrected chi connectivity index (χ0v) is 12.8. The molecule has 5 nitrogen and oxygen atoms in total. The van der Waals surface area contributed by atoms with Crippen LogP contribution in [0.2, 0.25) is 0 Å². The molecule has 2 heterocycles. The highest BCUT2D eigenvalue weighted by molar-refractivity contribution is 5.97. The van der Waals surface area contributed by atoms with Crippen molar-refractivity contribution in [2.75, 3.05) is 44.2 Å². The fourth-order valence-electron chi connectivity index (χ4n) is 3.39. The van der Waals surface area contributed by atoms with Crippen LogP contribution in [-0.4, -0.2) is 61.0 Å². The number of hydrogen-bond donors (Lipinski definition) is 0. The number of piperidine rings is 1. The predicted molar refractivity (Wildman–Crippen MR) is 85.4 cm³/mol. The molecule has 3 rings (SSSR count). The molecule has 116 valence electrons. The molecule has 0 aromatic heterocycles. The lowest BCUT2D eigenvalue weighted by atomic mass is 10.0. The van der Waals surface area contributed by atoms with Crippen molar-refractivity contribution in [2.45, 2.75) is 18.9 Å². The lowest BCUT2D eigenvalue weighted by Crippen LogP contribution is -2.57. The third-order valence-electron chi connectivity index (χ3n) is 4.62. The minimum absolute atomic E-state index is 0.00167. The number of amides is 1. The van der Waals surface area contributed by atoms with Gasteiger partial charge >= 0.3 is 0 Å². The van der Waals surface area contributed by atoms with E-state index in [2.05, 4.69) is 15.9 Å². The lowest BCUT2D eigenvalue weighted by Gasteiger charge is -2.42. The Morgan fingerprint density at radius 1 is 1.09 bits per heavy atom. The Hall–Kier alpha value is -1.90. The van der Waals surface area contributed by atoms with E-state index in [0.717, 1.165) is 51.3 Å². The number of carbonyl (C=O) groups excluding carboxylic acids is 1. The number of benzene rings is 1. The minimum Gasteiger partial charge on any atom is -0.311 e. The van der Waals surface area contributed by atoms with Crippen LogP contribution in [0.15, 0.2) is 30.3 Å². The van der Waals surface area contributed by atoms with E-state index in [-0.39, 0.29) is 11.9 Å². The summed E-state index contributed by atoms with van der Waals surface area (Å²) in [6, 6.07) is 12.1. The number of nitriles is 1. The van der Waals surface area contributed by atoms with Crippen LogP contribution in [0.1, 0.15) is 12.8 Å². The van der Waals surface area contributed by atoms with Crippen molar-refractivity contribution in [3.8, 4) is 6.07 Å². The quantitative estimate of drug-likeness (QED) is 0.790. The summed E-state index contributed by atoms with van der Waals surface area (Å²) < 4.78 is 0. The van der Waals surface area contributed by atoms with Gasteiger partial charge in [0.15, 0.2) is 0 Å². The summed E-state index contributed by atoms with van der Waals surface area (Å²) in [5, 5.41) is 8.77. The fraction of sp³-hybridized carbons (Fsp3) is 0.529. The molecule has 5 heteroatoms. The predicted octanol–water partition coefficient (Wildman–Crippen LogP) is 1.32. The number of para-hydroxylation sites is 1. The van der Waals surface area contributed by atoms with Gasteiger partial charge < -0.3 is 4.90 Å². The molecule has 0 radical (unpaired) electrons. The van der Waals surface area contributed by atoms with Crippen LogP contribution in [0.25, 0.3) is 0 Å². The van der Waals surface area contributed by atoms with Crippen molar-refractivity contribution in [1.29, 1.82) is 5.26 Å². The maximum absolute atomic E-state index is 12.9. The molecular formula is C17H22N4O. The molecule has 0 aliphatic carbocycles. The van der Waals surface area contributed by atoms with Crippen molar-refractivity contribution >= 4 is 11.6 Å². The second-order valence-electron chi connectivity index (χ2n) is 5.95. The molecule has 0 bridgehead atoms. The Labute approximate surface area is 131 Å². The number of carbonyl (C=O) groups is 1. The van der Waals surface area contributed by atoms with Crippen molar-refractivity contribution < 1.29 is 4.79 Å². The van der Waals surface area contributed by atoms with Crippen LogP contribution >= 0.6 is 0 Å². The minimum atomic E-state index is -0.00167. The van der Waals surface area contributed by atoms with Gasteiger partial charge in [0.25, 0.3) is 0 Å². The van der Waals surface area contributed by atoms with Gasteiger partial charge in [0, 0.05) is 38.4 Å². The third kappa shape index (κ3) is 3.13. The lowest BCUT2D eigenvalue weighted by molar-refractivity contribution is -0.126. The van der Waals surface area contributed by atoms with Gasteiger partial charge in [-0.05, 0) is 25.0 Å². The highest BCUT2D eigenvalue weighted by Crippen LogP contribution is 2.24. The van der Waals surface area contributed by atoms with E-state index < -0.39 is 0 Å². The molecule has 2 aliphatic rings. The Kier molecular flexibility index (Phi) is 4.71. The maximum atomic E-state index is 12.9. The van der Waals surface area contributed by atoms with Crippen LogP contribution in [-0.2, 0) is 4.79 Å². The van der Waals surface area contributed by atoms with Gasteiger partial charge in [0.2, 0.25) is 5.91 Å². The van der Waals surface area contributed by atoms with E-state index >= 15 is 0 Å². The summed E-state index contributed by atoms with van der Waals surface area (Å²) in [5.41, 5.74) is 1.00. The van der Waals surface area contributed by atoms with Gasteiger partial charge in [-0.15, -0.1) is 0 Å². The molecule has 0 spiro atoms. The highest BCUT2D eigenvalue weighted by atomic mass is 16.2. The molecule has 2 aliphatic heterocycles. The third-order valence-corrected chi connectivity index (χ3v) is 4.62. The van der Waals surface area contributed by atoms with Crippen molar-refractivity contribution in [3.05, 3.63) is 30.3 Å². The average molecular weight is 298 g/mol. The number of piperazine rings is 1. The van der Waals surface area contributed by atoms with Crippen LogP contribution in [0.5, 0.6) is 0 Å². The first-order chi connectivity index (χ1) is 10.8. The van der Waals surface area contributed by atoms with Crippen molar-refractivity contribution in [3.63, 3.8) is 0 Å². The van der Waals surface area contributed by atoms with E-state index in [4.69, 9.17) is 5.26 Å².